The first kappa shape index (κ1) is 20.7. The van der Waals surface area contributed by atoms with Crippen molar-refractivity contribution in [1.82, 2.24) is 15.0 Å². The lowest BCUT2D eigenvalue weighted by molar-refractivity contribution is -0.132. The van der Waals surface area contributed by atoms with Gasteiger partial charge in [-0.05, 0) is 32.0 Å². The Hall–Kier alpha value is -3.55. The number of carbonyl (C=O) groups excluding carboxylic acids is 2. The highest BCUT2D eigenvalue weighted by atomic mass is 16.5. The van der Waals surface area contributed by atoms with E-state index in [2.05, 4.69) is 5.16 Å². The molecule has 0 aliphatic carbocycles. The van der Waals surface area contributed by atoms with Crippen LogP contribution in [0.3, 0.4) is 0 Å². The van der Waals surface area contributed by atoms with Crippen molar-refractivity contribution in [2.75, 3.05) is 26.2 Å². The van der Waals surface area contributed by atoms with Crippen molar-refractivity contribution in [2.24, 2.45) is 0 Å². The van der Waals surface area contributed by atoms with Crippen LogP contribution >= 0.6 is 0 Å². The number of nitrogens with zero attached hydrogens (tertiary/aromatic N) is 3. The number of amides is 2. The first-order valence-corrected chi connectivity index (χ1v) is 10.3. The molecule has 2 aromatic heterocycles. The number of rotatable bonds is 6. The molecule has 8 nitrogen and oxygen atoms in total. The van der Waals surface area contributed by atoms with Gasteiger partial charge in [0.25, 0.3) is 5.91 Å². The van der Waals surface area contributed by atoms with Crippen LogP contribution in [0.1, 0.15) is 33.1 Å². The summed E-state index contributed by atoms with van der Waals surface area (Å²) in [6.45, 7) is 5.74. The van der Waals surface area contributed by atoms with Crippen LogP contribution in [0, 0.1) is 13.8 Å². The highest BCUT2D eigenvalue weighted by molar-refractivity contribution is 5.93. The number of benzene rings is 1. The van der Waals surface area contributed by atoms with Gasteiger partial charge >= 0.3 is 0 Å². The Bertz CT molecular complexity index is 1030. The molecule has 0 spiro atoms. The Kier molecular flexibility index (Phi) is 6.06. The van der Waals surface area contributed by atoms with Crippen molar-refractivity contribution in [3.8, 4) is 5.75 Å². The Morgan fingerprint density at radius 1 is 1.03 bits per heavy atom. The van der Waals surface area contributed by atoms with E-state index >= 15 is 0 Å². The molecule has 3 heterocycles. The van der Waals surface area contributed by atoms with E-state index in [1.807, 2.05) is 44.2 Å². The maximum Gasteiger partial charge on any atom is 0.290 e. The number of hydrogen-bond acceptors (Lipinski definition) is 6. The minimum absolute atomic E-state index is 0.0106. The molecule has 4 rings (SSSR count). The summed E-state index contributed by atoms with van der Waals surface area (Å²) in [7, 11) is 0. The van der Waals surface area contributed by atoms with Gasteiger partial charge in [-0.2, -0.15) is 0 Å². The van der Waals surface area contributed by atoms with Crippen LogP contribution in [0.2, 0.25) is 0 Å². The second-order valence-electron chi connectivity index (χ2n) is 7.53. The van der Waals surface area contributed by atoms with Gasteiger partial charge < -0.3 is 23.5 Å². The van der Waals surface area contributed by atoms with Crippen molar-refractivity contribution in [2.45, 2.75) is 26.9 Å². The molecule has 8 heteroatoms. The molecule has 0 bridgehead atoms. The number of furan rings is 1. The summed E-state index contributed by atoms with van der Waals surface area (Å²) in [4.78, 5) is 29.1. The predicted molar refractivity (Wildman–Crippen MR) is 112 cm³/mol. The number of aromatic nitrogens is 1. The van der Waals surface area contributed by atoms with Crippen LogP contribution in [0.15, 0.2) is 51.6 Å². The highest BCUT2D eigenvalue weighted by Crippen LogP contribution is 2.19. The lowest BCUT2D eigenvalue weighted by atomic mass is 10.1. The van der Waals surface area contributed by atoms with Crippen molar-refractivity contribution in [3.05, 3.63) is 71.0 Å². The van der Waals surface area contributed by atoms with Crippen LogP contribution in [0.5, 0.6) is 5.75 Å². The molecular weight excluding hydrogens is 398 g/mol. The Balaban J connectivity index is 1.32. The molecule has 0 atom stereocenters. The number of para-hydroxylation sites is 1. The molecule has 3 aromatic rings. The van der Waals surface area contributed by atoms with E-state index in [0.29, 0.717) is 37.5 Å². The first-order valence-electron chi connectivity index (χ1n) is 10.3. The fraction of sp³-hybridized carbons (Fsp3) is 0.348. The molecule has 1 aliphatic heterocycles. The standard InChI is InChI=1S/C23H25N3O5/c1-16-20(17(2)31-24-16)14-21(27)25-9-11-26(12-10-25)23(28)22-18(8-13-29-22)15-30-19-6-4-3-5-7-19/h3-8,13H,9-12,14-15H2,1-2H3. The first-order chi connectivity index (χ1) is 15.0. The predicted octanol–water partition coefficient (Wildman–Crippen LogP) is 2.99. The van der Waals surface area contributed by atoms with E-state index in [4.69, 9.17) is 13.7 Å². The van der Waals surface area contributed by atoms with Gasteiger partial charge in [-0.25, -0.2) is 0 Å². The molecule has 1 aliphatic rings. The Labute approximate surface area is 180 Å². The molecule has 0 radical (unpaired) electrons. The van der Waals surface area contributed by atoms with E-state index in [-0.39, 0.29) is 30.6 Å². The van der Waals surface area contributed by atoms with E-state index in [1.165, 1.54) is 6.26 Å². The number of ether oxygens (including phenoxy) is 1. The zero-order chi connectivity index (χ0) is 21.8. The van der Waals surface area contributed by atoms with Crippen molar-refractivity contribution >= 4 is 11.8 Å². The molecular formula is C23H25N3O5. The minimum atomic E-state index is -0.186. The number of hydrogen-bond donors (Lipinski definition) is 0. The average molecular weight is 423 g/mol. The smallest absolute Gasteiger partial charge is 0.290 e. The minimum Gasteiger partial charge on any atom is -0.489 e. The number of aryl methyl sites for hydroxylation is 2. The van der Waals surface area contributed by atoms with Gasteiger partial charge in [0.2, 0.25) is 5.91 Å². The van der Waals surface area contributed by atoms with Gasteiger partial charge in [-0.1, -0.05) is 23.4 Å². The molecule has 2 amide bonds. The molecule has 1 fully saturated rings. The normalized spacial score (nSPS) is 14.0. The molecule has 31 heavy (non-hydrogen) atoms. The average Bonchev–Trinajstić information content (AvgIpc) is 3.40. The second kappa shape index (κ2) is 9.07. The maximum absolute atomic E-state index is 13.0. The zero-order valence-electron chi connectivity index (χ0n) is 17.7. The Morgan fingerprint density at radius 2 is 1.74 bits per heavy atom. The Morgan fingerprint density at radius 3 is 2.42 bits per heavy atom. The topological polar surface area (TPSA) is 89.0 Å². The van der Waals surface area contributed by atoms with E-state index < -0.39 is 0 Å². The van der Waals surface area contributed by atoms with Gasteiger partial charge in [0.05, 0.1) is 18.4 Å². The van der Waals surface area contributed by atoms with Gasteiger partial charge in [-0.3, -0.25) is 9.59 Å². The fourth-order valence-electron chi connectivity index (χ4n) is 3.63. The lowest BCUT2D eigenvalue weighted by Crippen LogP contribution is -2.51. The van der Waals surface area contributed by atoms with Crippen LogP contribution < -0.4 is 4.74 Å². The number of carbonyl (C=O) groups is 2. The molecule has 0 N–H and O–H groups in total. The van der Waals surface area contributed by atoms with Gasteiger partial charge in [0.1, 0.15) is 18.1 Å². The van der Waals surface area contributed by atoms with Gasteiger partial charge in [-0.15, -0.1) is 0 Å². The van der Waals surface area contributed by atoms with Crippen LogP contribution in [0.25, 0.3) is 0 Å². The van der Waals surface area contributed by atoms with Crippen LogP contribution in [0.4, 0.5) is 0 Å². The van der Waals surface area contributed by atoms with Crippen LogP contribution in [-0.4, -0.2) is 52.9 Å². The highest BCUT2D eigenvalue weighted by Gasteiger charge is 2.28. The molecule has 0 saturated carbocycles. The third kappa shape index (κ3) is 4.63. The van der Waals surface area contributed by atoms with Crippen molar-refractivity contribution in [3.63, 3.8) is 0 Å². The fourth-order valence-corrected chi connectivity index (χ4v) is 3.63. The van der Waals surface area contributed by atoms with Crippen LogP contribution in [-0.2, 0) is 17.8 Å². The van der Waals surface area contributed by atoms with Gasteiger partial charge in [0, 0.05) is 37.3 Å². The lowest BCUT2D eigenvalue weighted by Gasteiger charge is -2.34. The largest absolute Gasteiger partial charge is 0.489 e. The summed E-state index contributed by atoms with van der Waals surface area (Å²) in [5.41, 5.74) is 2.27. The van der Waals surface area contributed by atoms with Gasteiger partial charge in [0.15, 0.2) is 5.76 Å². The third-order valence-corrected chi connectivity index (χ3v) is 5.51. The third-order valence-electron chi connectivity index (χ3n) is 5.51. The van der Waals surface area contributed by atoms with E-state index in [0.717, 1.165) is 17.0 Å². The van der Waals surface area contributed by atoms with E-state index in [1.54, 1.807) is 15.9 Å². The molecule has 1 aromatic carbocycles. The summed E-state index contributed by atoms with van der Waals surface area (Å²) in [5, 5.41) is 3.90. The molecule has 1 saturated heterocycles. The SMILES string of the molecule is Cc1noc(C)c1CC(=O)N1CCN(C(=O)c2occc2COc2ccccc2)CC1. The monoisotopic (exact) mass is 423 g/mol. The summed E-state index contributed by atoms with van der Waals surface area (Å²) in [5.74, 6) is 1.51. The summed E-state index contributed by atoms with van der Waals surface area (Å²) in [6, 6.07) is 11.2. The van der Waals surface area contributed by atoms with Crippen molar-refractivity contribution in [1.29, 1.82) is 0 Å². The maximum atomic E-state index is 13.0. The van der Waals surface area contributed by atoms with Crippen molar-refractivity contribution < 1.29 is 23.3 Å². The zero-order valence-corrected chi connectivity index (χ0v) is 17.7. The summed E-state index contributed by atoms with van der Waals surface area (Å²) in [6.07, 6.45) is 1.76. The quantitative estimate of drug-likeness (QED) is 0.606. The summed E-state index contributed by atoms with van der Waals surface area (Å²) < 4.78 is 16.4. The van der Waals surface area contributed by atoms with E-state index in [9.17, 15) is 9.59 Å². The molecule has 0 unspecified atom stereocenters. The number of piperazine rings is 1. The summed E-state index contributed by atoms with van der Waals surface area (Å²) >= 11 is 0. The second-order valence-corrected chi connectivity index (χ2v) is 7.53. The molecule has 162 valence electrons.